The third-order valence-electron chi connectivity index (χ3n) is 3.04. The minimum atomic E-state index is 0.397. The van der Waals surface area contributed by atoms with Gasteiger partial charge in [-0.2, -0.15) is 5.10 Å². The lowest BCUT2D eigenvalue weighted by Crippen LogP contribution is -2.08. The Morgan fingerprint density at radius 1 is 1.39 bits per heavy atom. The number of halogens is 1. The maximum absolute atomic E-state index is 5.78. The minimum Gasteiger partial charge on any atom is -0.326 e. The van der Waals surface area contributed by atoms with Gasteiger partial charge in [-0.05, 0) is 36.6 Å². The third-order valence-corrected chi connectivity index (χ3v) is 3.53. The van der Waals surface area contributed by atoms with Crippen LogP contribution in [-0.4, -0.2) is 9.78 Å². The van der Waals surface area contributed by atoms with Gasteiger partial charge in [0.25, 0.3) is 0 Å². The molecule has 0 fully saturated rings. The molecule has 0 amide bonds. The quantitative estimate of drug-likeness (QED) is 0.942. The van der Waals surface area contributed by atoms with Crippen LogP contribution in [-0.2, 0) is 6.54 Å². The highest BCUT2D eigenvalue weighted by atomic mass is 79.9. The second-order valence-electron chi connectivity index (χ2n) is 4.76. The summed E-state index contributed by atoms with van der Waals surface area (Å²) < 4.78 is 3.09. The van der Waals surface area contributed by atoms with Crippen LogP contribution in [0.15, 0.2) is 28.9 Å². The minimum absolute atomic E-state index is 0.397. The molecular formula is C14H18BrN3. The summed E-state index contributed by atoms with van der Waals surface area (Å²) in [4.78, 5) is 0. The molecule has 1 aromatic carbocycles. The summed E-state index contributed by atoms with van der Waals surface area (Å²) in [7, 11) is 0. The van der Waals surface area contributed by atoms with Crippen molar-refractivity contribution in [3.63, 3.8) is 0 Å². The van der Waals surface area contributed by atoms with Gasteiger partial charge in [-0.3, -0.25) is 0 Å². The van der Waals surface area contributed by atoms with Crippen molar-refractivity contribution in [2.45, 2.75) is 33.2 Å². The van der Waals surface area contributed by atoms with Crippen LogP contribution in [0.3, 0.4) is 0 Å². The predicted octanol–water partition coefficient (Wildman–Crippen LogP) is 3.53. The Kier molecular flexibility index (Phi) is 3.88. The van der Waals surface area contributed by atoms with Crippen molar-refractivity contribution in [2.75, 3.05) is 0 Å². The van der Waals surface area contributed by atoms with E-state index in [0.717, 1.165) is 15.7 Å². The van der Waals surface area contributed by atoms with E-state index < -0.39 is 0 Å². The van der Waals surface area contributed by atoms with Gasteiger partial charge in [0.15, 0.2) is 0 Å². The highest BCUT2D eigenvalue weighted by Gasteiger charge is 2.15. The van der Waals surface area contributed by atoms with Crippen LogP contribution in [0.2, 0.25) is 0 Å². The second kappa shape index (κ2) is 5.24. The molecule has 0 atom stereocenters. The normalized spacial score (nSPS) is 11.2. The summed E-state index contributed by atoms with van der Waals surface area (Å²) in [6.07, 6.45) is 1.87. The molecule has 0 saturated carbocycles. The van der Waals surface area contributed by atoms with Gasteiger partial charge in [0, 0.05) is 16.6 Å². The van der Waals surface area contributed by atoms with E-state index in [9.17, 15) is 0 Å². The first-order valence-electron chi connectivity index (χ1n) is 6.08. The summed E-state index contributed by atoms with van der Waals surface area (Å²) in [5.74, 6) is 0.397. The summed E-state index contributed by atoms with van der Waals surface area (Å²) in [5, 5.41) is 4.49. The standard InChI is InChI=1S/C14H18BrN3/c1-9(2)14-11(7-16)8-17-18(14)13-5-4-12(15)6-10(13)3/h4-6,8-9H,7,16H2,1-3H3. The number of rotatable bonds is 3. The van der Waals surface area contributed by atoms with Gasteiger partial charge in [0.05, 0.1) is 17.6 Å². The van der Waals surface area contributed by atoms with E-state index in [1.165, 1.54) is 11.3 Å². The number of benzene rings is 1. The molecule has 2 aromatic rings. The average Bonchev–Trinajstić information content (AvgIpc) is 2.72. The molecule has 0 aliphatic carbocycles. The van der Waals surface area contributed by atoms with Crippen LogP contribution in [0, 0.1) is 6.92 Å². The Labute approximate surface area is 116 Å². The lowest BCUT2D eigenvalue weighted by atomic mass is 10.1. The molecule has 2 N–H and O–H groups in total. The van der Waals surface area contributed by atoms with Crippen molar-refractivity contribution in [2.24, 2.45) is 5.73 Å². The number of aromatic nitrogens is 2. The first kappa shape index (κ1) is 13.3. The molecule has 0 saturated heterocycles. The topological polar surface area (TPSA) is 43.8 Å². The van der Waals surface area contributed by atoms with Crippen LogP contribution in [0.1, 0.15) is 36.6 Å². The van der Waals surface area contributed by atoms with Crippen LogP contribution in [0.25, 0.3) is 5.69 Å². The molecule has 3 nitrogen and oxygen atoms in total. The number of hydrogen-bond donors (Lipinski definition) is 1. The zero-order valence-corrected chi connectivity index (χ0v) is 12.5. The molecule has 96 valence electrons. The maximum atomic E-state index is 5.78. The van der Waals surface area contributed by atoms with Crippen LogP contribution in [0.4, 0.5) is 0 Å². The van der Waals surface area contributed by atoms with Crippen molar-refractivity contribution in [3.05, 3.63) is 45.7 Å². The van der Waals surface area contributed by atoms with Crippen LogP contribution >= 0.6 is 15.9 Å². The van der Waals surface area contributed by atoms with Gasteiger partial charge in [-0.1, -0.05) is 29.8 Å². The van der Waals surface area contributed by atoms with E-state index in [0.29, 0.717) is 12.5 Å². The molecule has 1 aromatic heterocycles. The highest BCUT2D eigenvalue weighted by molar-refractivity contribution is 9.10. The molecule has 18 heavy (non-hydrogen) atoms. The van der Waals surface area contributed by atoms with Gasteiger partial charge in [-0.25, -0.2) is 4.68 Å². The third kappa shape index (κ3) is 2.35. The Balaban J connectivity index is 2.60. The molecule has 0 radical (unpaired) electrons. The fourth-order valence-corrected chi connectivity index (χ4v) is 2.69. The van der Waals surface area contributed by atoms with E-state index in [4.69, 9.17) is 5.73 Å². The van der Waals surface area contributed by atoms with Crippen molar-refractivity contribution in [1.82, 2.24) is 9.78 Å². The van der Waals surface area contributed by atoms with E-state index in [1.807, 2.05) is 16.9 Å². The summed E-state index contributed by atoms with van der Waals surface area (Å²) in [6, 6.07) is 6.22. The molecule has 2 rings (SSSR count). The fourth-order valence-electron chi connectivity index (χ4n) is 2.21. The molecule has 0 unspecified atom stereocenters. The zero-order valence-electron chi connectivity index (χ0n) is 10.9. The molecule has 1 heterocycles. The first-order valence-corrected chi connectivity index (χ1v) is 6.87. The monoisotopic (exact) mass is 307 g/mol. The van der Waals surface area contributed by atoms with Crippen LogP contribution in [0.5, 0.6) is 0 Å². The number of aryl methyl sites for hydroxylation is 1. The fraction of sp³-hybridized carbons (Fsp3) is 0.357. The van der Waals surface area contributed by atoms with Gasteiger partial charge in [0.1, 0.15) is 0 Å². The van der Waals surface area contributed by atoms with E-state index in [1.54, 1.807) is 0 Å². The molecule has 4 heteroatoms. The lowest BCUT2D eigenvalue weighted by Gasteiger charge is -2.14. The van der Waals surface area contributed by atoms with Gasteiger partial charge in [-0.15, -0.1) is 0 Å². The molecular weight excluding hydrogens is 290 g/mol. The molecule has 0 bridgehead atoms. The second-order valence-corrected chi connectivity index (χ2v) is 5.67. The number of hydrogen-bond acceptors (Lipinski definition) is 2. The summed E-state index contributed by atoms with van der Waals surface area (Å²) in [5.41, 5.74) is 10.4. The first-order chi connectivity index (χ1) is 8.54. The van der Waals surface area contributed by atoms with E-state index in [-0.39, 0.29) is 0 Å². The Morgan fingerprint density at radius 2 is 2.11 bits per heavy atom. The highest BCUT2D eigenvalue weighted by Crippen LogP contribution is 2.25. The number of nitrogens with two attached hydrogens (primary N) is 1. The average molecular weight is 308 g/mol. The predicted molar refractivity (Wildman–Crippen MR) is 78.0 cm³/mol. The van der Waals surface area contributed by atoms with E-state index >= 15 is 0 Å². The molecule has 0 aliphatic heterocycles. The maximum Gasteiger partial charge on any atom is 0.0678 e. The van der Waals surface area contributed by atoms with Crippen molar-refractivity contribution < 1.29 is 0 Å². The van der Waals surface area contributed by atoms with Crippen molar-refractivity contribution >= 4 is 15.9 Å². The van der Waals surface area contributed by atoms with Crippen LogP contribution < -0.4 is 5.73 Å². The van der Waals surface area contributed by atoms with Gasteiger partial charge in [0.2, 0.25) is 0 Å². The smallest absolute Gasteiger partial charge is 0.0678 e. The van der Waals surface area contributed by atoms with Crippen molar-refractivity contribution in [3.8, 4) is 5.69 Å². The van der Waals surface area contributed by atoms with E-state index in [2.05, 4.69) is 53.9 Å². The van der Waals surface area contributed by atoms with Gasteiger partial charge >= 0.3 is 0 Å². The zero-order chi connectivity index (χ0) is 13.3. The lowest BCUT2D eigenvalue weighted by molar-refractivity contribution is 0.723. The SMILES string of the molecule is Cc1cc(Br)ccc1-n1ncc(CN)c1C(C)C. The Hall–Kier alpha value is -1.13. The molecule has 0 spiro atoms. The molecule has 0 aliphatic rings. The largest absolute Gasteiger partial charge is 0.326 e. The number of nitrogens with zero attached hydrogens (tertiary/aromatic N) is 2. The Morgan fingerprint density at radius 3 is 2.67 bits per heavy atom. The van der Waals surface area contributed by atoms with Crippen molar-refractivity contribution in [1.29, 1.82) is 0 Å². The Bertz CT molecular complexity index is 558. The summed E-state index contributed by atoms with van der Waals surface area (Å²) >= 11 is 3.49. The summed E-state index contributed by atoms with van der Waals surface area (Å²) in [6.45, 7) is 6.96. The van der Waals surface area contributed by atoms with Gasteiger partial charge < -0.3 is 5.73 Å².